The van der Waals surface area contributed by atoms with Crippen LogP contribution in [0.2, 0.25) is 0 Å². The fraction of sp³-hybridized carbons (Fsp3) is 0.448. The summed E-state index contributed by atoms with van der Waals surface area (Å²) < 4.78 is 5.52. The van der Waals surface area contributed by atoms with Crippen LogP contribution in [0.3, 0.4) is 0 Å². The number of hydrogen-bond acceptors (Lipinski definition) is 1. The first kappa shape index (κ1) is 20.8. The second-order valence-corrected chi connectivity index (χ2v) is 9.11. The lowest BCUT2D eigenvalue weighted by molar-refractivity contribution is 0.116. The molecule has 1 unspecified atom stereocenters. The molecule has 0 aliphatic heterocycles. The van der Waals surface area contributed by atoms with Gasteiger partial charge in [-0.3, -0.25) is 0 Å². The van der Waals surface area contributed by atoms with Gasteiger partial charge in [-0.2, -0.15) is 0 Å². The lowest BCUT2D eigenvalue weighted by atomic mass is 9.63. The molecule has 0 saturated heterocycles. The Morgan fingerprint density at radius 2 is 1.50 bits per heavy atom. The number of rotatable bonds is 5. The molecular weight excluding hydrogens is 364 g/mol. The van der Waals surface area contributed by atoms with Crippen molar-refractivity contribution in [2.75, 3.05) is 6.61 Å². The third-order valence-corrected chi connectivity index (χ3v) is 7.25. The molecule has 156 valence electrons. The van der Waals surface area contributed by atoms with Gasteiger partial charge in [0.05, 0.1) is 0 Å². The van der Waals surface area contributed by atoms with E-state index in [0.29, 0.717) is 6.61 Å². The summed E-state index contributed by atoms with van der Waals surface area (Å²) in [6.45, 7) is 6.57. The monoisotopic (exact) mass is 398 g/mol. The van der Waals surface area contributed by atoms with E-state index in [9.17, 15) is 0 Å². The fourth-order valence-corrected chi connectivity index (χ4v) is 5.43. The average molecular weight is 399 g/mol. The van der Waals surface area contributed by atoms with E-state index in [1.165, 1.54) is 50.5 Å². The molecule has 4 rings (SSSR count). The smallest absolute Gasteiger partial charge is 0.119 e. The van der Waals surface area contributed by atoms with Gasteiger partial charge in [0.1, 0.15) is 12.4 Å². The minimum absolute atomic E-state index is 0.527. The largest absolute Gasteiger partial charge is 0.490 e. The first-order valence-electron chi connectivity index (χ1n) is 11.7. The van der Waals surface area contributed by atoms with E-state index >= 15 is 0 Å². The van der Waals surface area contributed by atoms with Gasteiger partial charge in [-0.1, -0.05) is 56.4 Å². The SMILES string of the molecule is C=CCOc1ccc(C#Cc2ccc([C@@H]3CC[C@@H]4CC(CC)CC[C@@H]4C3)cc2)cc1. The standard InChI is InChI=1S/C29H34O/c1-3-19-30-29-17-10-24(11-18-29)6-5-23-8-12-25(13-9-23)27-16-15-26-20-22(4-2)7-14-28(26)21-27/h3,8-13,17-18,22,26-28H,1,4,7,14-16,19-21H2,2H3/t22?,26-,27-,28-/m1/s1. The minimum Gasteiger partial charge on any atom is -0.490 e. The minimum atomic E-state index is 0.527. The summed E-state index contributed by atoms with van der Waals surface area (Å²) in [4.78, 5) is 0. The highest BCUT2D eigenvalue weighted by molar-refractivity contribution is 5.45. The second-order valence-electron chi connectivity index (χ2n) is 9.11. The van der Waals surface area contributed by atoms with Gasteiger partial charge in [-0.05, 0) is 97.7 Å². The van der Waals surface area contributed by atoms with Crippen molar-refractivity contribution in [2.24, 2.45) is 17.8 Å². The Labute approximate surface area is 182 Å². The van der Waals surface area contributed by atoms with Crippen molar-refractivity contribution >= 4 is 0 Å². The number of benzene rings is 2. The summed E-state index contributed by atoms with van der Waals surface area (Å²) in [5.74, 6) is 11.1. The van der Waals surface area contributed by atoms with E-state index in [2.05, 4.69) is 49.6 Å². The Hall–Kier alpha value is -2.46. The molecule has 0 bridgehead atoms. The molecule has 1 nitrogen and oxygen atoms in total. The quantitative estimate of drug-likeness (QED) is 0.377. The van der Waals surface area contributed by atoms with E-state index in [-0.39, 0.29) is 0 Å². The van der Waals surface area contributed by atoms with Crippen molar-refractivity contribution in [3.63, 3.8) is 0 Å². The highest BCUT2D eigenvalue weighted by Crippen LogP contribution is 2.48. The molecule has 1 heteroatoms. The zero-order chi connectivity index (χ0) is 20.8. The maximum atomic E-state index is 5.52. The molecule has 0 aromatic heterocycles. The summed E-state index contributed by atoms with van der Waals surface area (Å²) in [5.41, 5.74) is 3.61. The maximum absolute atomic E-state index is 5.52. The third kappa shape index (κ3) is 5.17. The van der Waals surface area contributed by atoms with Crippen molar-refractivity contribution in [3.8, 4) is 17.6 Å². The van der Waals surface area contributed by atoms with Crippen molar-refractivity contribution in [1.29, 1.82) is 0 Å². The van der Waals surface area contributed by atoms with Crippen LogP contribution in [-0.2, 0) is 0 Å². The second kappa shape index (κ2) is 10.0. The summed E-state index contributed by atoms with van der Waals surface area (Å²) in [6.07, 6.45) is 11.7. The van der Waals surface area contributed by atoms with Crippen molar-refractivity contribution in [2.45, 2.75) is 57.8 Å². The van der Waals surface area contributed by atoms with Gasteiger partial charge in [-0.25, -0.2) is 0 Å². The van der Waals surface area contributed by atoms with Gasteiger partial charge >= 0.3 is 0 Å². The summed E-state index contributed by atoms with van der Waals surface area (Å²) in [5, 5.41) is 0. The van der Waals surface area contributed by atoms with Crippen LogP contribution in [0, 0.1) is 29.6 Å². The van der Waals surface area contributed by atoms with Gasteiger partial charge in [-0.15, -0.1) is 0 Å². The Balaban J connectivity index is 1.35. The van der Waals surface area contributed by atoms with E-state index in [1.54, 1.807) is 6.08 Å². The highest BCUT2D eigenvalue weighted by Gasteiger charge is 2.35. The molecule has 2 aliphatic rings. The molecule has 2 aromatic rings. The zero-order valence-corrected chi connectivity index (χ0v) is 18.3. The molecule has 2 aromatic carbocycles. The molecule has 0 radical (unpaired) electrons. The fourth-order valence-electron chi connectivity index (χ4n) is 5.43. The molecule has 0 spiro atoms. The summed E-state index contributed by atoms with van der Waals surface area (Å²) in [7, 11) is 0. The predicted octanol–water partition coefficient (Wildman–Crippen LogP) is 7.36. The van der Waals surface area contributed by atoms with E-state index in [4.69, 9.17) is 4.74 Å². The zero-order valence-electron chi connectivity index (χ0n) is 18.3. The third-order valence-electron chi connectivity index (χ3n) is 7.25. The normalized spacial score (nSPS) is 25.5. The van der Waals surface area contributed by atoms with Crippen molar-refractivity contribution in [1.82, 2.24) is 0 Å². The predicted molar refractivity (Wildman–Crippen MR) is 126 cm³/mol. The van der Waals surface area contributed by atoms with Crippen LogP contribution in [0.1, 0.15) is 74.5 Å². The Morgan fingerprint density at radius 3 is 2.17 bits per heavy atom. The van der Waals surface area contributed by atoms with Crippen LogP contribution in [0.4, 0.5) is 0 Å². The first-order chi connectivity index (χ1) is 14.7. The van der Waals surface area contributed by atoms with Crippen molar-refractivity contribution < 1.29 is 4.74 Å². The number of fused-ring (bicyclic) bond motifs is 1. The molecular formula is C29H34O. The molecule has 2 aliphatic carbocycles. The number of ether oxygens (including phenoxy) is 1. The van der Waals surface area contributed by atoms with E-state index in [0.717, 1.165) is 40.5 Å². The van der Waals surface area contributed by atoms with Crippen LogP contribution in [-0.4, -0.2) is 6.61 Å². The lowest BCUT2D eigenvalue weighted by Gasteiger charge is -2.42. The van der Waals surface area contributed by atoms with Crippen molar-refractivity contribution in [3.05, 3.63) is 77.9 Å². The summed E-state index contributed by atoms with van der Waals surface area (Å²) in [6, 6.07) is 17.0. The van der Waals surface area contributed by atoms with E-state index in [1.807, 2.05) is 24.3 Å². The van der Waals surface area contributed by atoms with Gasteiger partial charge < -0.3 is 4.74 Å². The summed E-state index contributed by atoms with van der Waals surface area (Å²) >= 11 is 0. The average Bonchev–Trinajstić information content (AvgIpc) is 2.81. The van der Waals surface area contributed by atoms with Gasteiger partial charge in [0.2, 0.25) is 0 Å². The molecule has 0 heterocycles. The molecule has 30 heavy (non-hydrogen) atoms. The molecule has 4 atom stereocenters. The highest BCUT2D eigenvalue weighted by atomic mass is 16.5. The van der Waals surface area contributed by atoms with Gasteiger partial charge in [0.25, 0.3) is 0 Å². The van der Waals surface area contributed by atoms with Crippen LogP contribution in [0.25, 0.3) is 0 Å². The van der Waals surface area contributed by atoms with Gasteiger partial charge in [0.15, 0.2) is 0 Å². The van der Waals surface area contributed by atoms with Crippen LogP contribution < -0.4 is 4.74 Å². The van der Waals surface area contributed by atoms with Crippen LogP contribution >= 0.6 is 0 Å². The maximum Gasteiger partial charge on any atom is 0.119 e. The molecule has 0 amide bonds. The van der Waals surface area contributed by atoms with Crippen LogP contribution in [0.5, 0.6) is 5.75 Å². The lowest BCUT2D eigenvalue weighted by Crippen LogP contribution is -2.30. The Bertz CT molecular complexity index is 881. The first-order valence-corrected chi connectivity index (χ1v) is 11.7. The number of hydrogen-bond donors (Lipinski definition) is 0. The molecule has 0 N–H and O–H groups in total. The Morgan fingerprint density at radius 1 is 0.867 bits per heavy atom. The van der Waals surface area contributed by atoms with Crippen LogP contribution in [0.15, 0.2) is 61.2 Å². The topological polar surface area (TPSA) is 9.23 Å². The Kier molecular flexibility index (Phi) is 6.96. The molecule has 2 saturated carbocycles. The molecule has 2 fully saturated rings. The van der Waals surface area contributed by atoms with E-state index < -0.39 is 0 Å². The van der Waals surface area contributed by atoms with Gasteiger partial charge in [0, 0.05) is 11.1 Å².